The number of nitrogens with two attached hydrogens (primary N) is 1. The third kappa shape index (κ3) is 2.42. The van der Waals surface area contributed by atoms with Crippen molar-refractivity contribution in [1.82, 2.24) is 14.5 Å². The zero-order valence-corrected chi connectivity index (χ0v) is 11.4. The van der Waals surface area contributed by atoms with E-state index in [1.54, 1.807) is 6.20 Å². The van der Waals surface area contributed by atoms with Crippen LogP contribution in [0.25, 0.3) is 22.6 Å². The minimum Gasteiger partial charge on any atom is -0.330 e. The second-order valence-corrected chi connectivity index (χ2v) is 4.79. The second kappa shape index (κ2) is 5.84. The monoisotopic (exact) mass is 266 g/mol. The molecule has 0 spiro atoms. The highest BCUT2D eigenvalue weighted by atomic mass is 15.1. The van der Waals surface area contributed by atoms with E-state index in [0.717, 1.165) is 48.5 Å². The van der Waals surface area contributed by atoms with Gasteiger partial charge in [-0.1, -0.05) is 18.2 Å². The Hall–Kier alpha value is -2.20. The highest BCUT2D eigenvalue weighted by Crippen LogP contribution is 2.23. The van der Waals surface area contributed by atoms with Crippen molar-refractivity contribution in [3.8, 4) is 11.5 Å². The molecule has 2 N–H and O–H groups in total. The summed E-state index contributed by atoms with van der Waals surface area (Å²) in [6.45, 7) is 1.65. The molecule has 0 aliphatic rings. The molecule has 102 valence electrons. The Balaban J connectivity index is 2.08. The minimum atomic E-state index is 0.728. The molecule has 0 unspecified atom stereocenters. The number of pyridine rings is 1. The summed E-state index contributed by atoms with van der Waals surface area (Å²) in [7, 11) is 0. The summed E-state index contributed by atoms with van der Waals surface area (Å²) in [5.74, 6) is 0.934. The highest BCUT2D eigenvalue weighted by molar-refractivity contribution is 5.79. The molecule has 0 atom stereocenters. The van der Waals surface area contributed by atoms with Gasteiger partial charge in [0.05, 0.1) is 11.0 Å². The fourth-order valence-electron chi connectivity index (χ4n) is 2.41. The molecule has 2 heterocycles. The molecular weight excluding hydrogens is 248 g/mol. The molecule has 4 heteroatoms. The fourth-order valence-corrected chi connectivity index (χ4v) is 2.41. The first-order chi connectivity index (χ1) is 9.90. The molecule has 0 fully saturated rings. The largest absolute Gasteiger partial charge is 0.330 e. The standard InChI is InChI=1S/C16H18N4/c17-10-4-6-12-20-15-9-2-1-7-13(15)19-16(20)14-8-3-5-11-18-14/h1-3,5,7-9,11H,4,6,10,12,17H2. The molecule has 3 aromatic rings. The SMILES string of the molecule is NCCCCn1c(-c2ccccn2)nc2ccccc21. The molecule has 0 radical (unpaired) electrons. The molecule has 2 aromatic heterocycles. The number of para-hydroxylation sites is 2. The molecule has 0 aliphatic carbocycles. The maximum absolute atomic E-state index is 5.59. The normalized spacial score (nSPS) is 11.1. The Kier molecular flexibility index (Phi) is 3.74. The number of fused-ring (bicyclic) bond motifs is 1. The predicted octanol–water partition coefficient (Wildman–Crippen LogP) is 2.84. The molecular formula is C16H18N4. The number of aromatic nitrogens is 3. The van der Waals surface area contributed by atoms with Crippen LogP contribution in [0.15, 0.2) is 48.7 Å². The highest BCUT2D eigenvalue weighted by Gasteiger charge is 2.12. The van der Waals surface area contributed by atoms with Crippen molar-refractivity contribution in [3.05, 3.63) is 48.7 Å². The van der Waals surface area contributed by atoms with Crippen LogP contribution in [0.3, 0.4) is 0 Å². The number of hydrogen-bond donors (Lipinski definition) is 1. The van der Waals surface area contributed by atoms with Crippen LogP contribution >= 0.6 is 0 Å². The third-order valence-electron chi connectivity index (χ3n) is 3.38. The summed E-state index contributed by atoms with van der Waals surface area (Å²) in [6.07, 6.45) is 3.88. The lowest BCUT2D eigenvalue weighted by molar-refractivity contribution is 0.630. The van der Waals surface area contributed by atoms with Gasteiger partial charge in [-0.25, -0.2) is 4.98 Å². The lowest BCUT2D eigenvalue weighted by Crippen LogP contribution is -2.05. The molecule has 0 saturated carbocycles. The number of imidazole rings is 1. The Morgan fingerprint density at radius 2 is 1.85 bits per heavy atom. The van der Waals surface area contributed by atoms with E-state index in [2.05, 4.69) is 15.6 Å². The van der Waals surface area contributed by atoms with Gasteiger partial charge >= 0.3 is 0 Å². The molecule has 0 amide bonds. The van der Waals surface area contributed by atoms with E-state index in [1.165, 1.54) is 0 Å². The van der Waals surface area contributed by atoms with Gasteiger partial charge in [-0.05, 0) is 43.7 Å². The summed E-state index contributed by atoms with van der Waals surface area (Å²) >= 11 is 0. The smallest absolute Gasteiger partial charge is 0.159 e. The van der Waals surface area contributed by atoms with E-state index >= 15 is 0 Å². The Morgan fingerprint density at radius 3 is 2.65 bits per heavy atom. The van der Waals surface area contributed by atoms with Crippen molar-refractivity contribution < 1.29 is 0 Å². The molecule has 3 rings (SSSR count). The van der Waals surface area contributed by atoms with Gasteiger partial charge in [-0.15, -0.1) is 0 Å². The number of hydrogen-bond acceptors (Lipinski definition) is 3. The van der Waals surface area contributed by atoms with Crippen molar-refractivity contribution in [2.24, 2.45) is 5.73 Å². The average molecular weight is 266 g/mol. The third-order valence-corrected chi connectivity index (χ3v) is 3.38. The quantitative estimate of drug-likeness (QED) is 0.722. The van der Waals surface area contributed by atoms with Crippen LogP contribution in [0, 0.1) is 0 Å². The first-order valence-electron chi connectivity index (χ1n) is 6.97. The topological polar surface area (TPSA) is 56.7 Å². The Morgan fingerprint density at radius 1 is 1.00 bits per heavy atom. The van der Waals surface area contributed by atoms with Crippen molar-refractivity contribution in [3.63, 3.8) is 0 Å². The van der Waals surface area contributed by atoms with Gasteiger partial charge in [-0.2, -0.15) is 0 Å². The van der Waals surface area contributed by atoms with Gasteiger partial charge in [-0.3, -0.25) is 4.98 Å². The predicted molar refractivity (Wildman–Crippen MR) is 81.3 cm³/mol. The zero-order chi connectivity index (χ0) is 13.8. The van der Waals surface area contributed by atoms with Crippen LogP contribution < -0.4 is 5.73 Å². The lowest BCUT2D eigenvalue weighted by atomic mass is 10.2. The number of rotatable bonds is 5. The van der Waals surface area contributed by atoms with Crippen LogP contribution in [0.5, 0.6) is 0 Å². The van der Waals surface area contributed by atoms with E-state index in [1.807, 2.05) is 36.4 Å². The number of nitrogens with zero attached hydrogens (tertiary/aromatic N) is 3. The Labute approximate surface area is 118 Å². The summed E-state index contributed by atoms with van der Waals surface area (Å²) in [6, 6.07) is 14.1. The summed E-state index contributed by atoms with van der Waals surface area (Å²) < 4.78 is 2.24. The van der Waals surface area contributed by atoms with E-state index in [9.17, 15) is 0 Å². The van der Waals surface area contributed by atoms with E-state index in [-0.39, 0.29) is 0 Å². The van der Waals surface area contributed by atoms with Crippen LogP contribution in [-0.4, -0.2) is 21.1 Å². The van der Waals surface area contributed by atoms with Crippen LogP contribution in [0.4, 0.5) is 0 Å². The van der Waals surface area contributed by atoms with Gasteiger partial charge in [0.15, 0.2) is 5.82 Å². The van der Waals surface area contributed by atoms with Gasteiger partial charge in [0.25, 0.3) is 0 Å². The maximum atomic E-state index is 5.59. The van der Waals surface area contributed by atoms with Gasteiger partial charge in [0.2, 0.25) is 0 Å². The first kappa shape index (κ1) is 12.8. The average Bonchev–Trinajstić information content (AvgIpc) is 2.87. The van der Waals surface area contributed by atoms with Crippen molar-refractivity contribution in [2.45, 2.75) is 19.4 Å². The van der Waals surface area contributed by atoms with Gasteiger partial charge < -0.3 is 10.3 Å². The first-order valence-corrected chi connectivity index (χ1v) is 6.97. The van der Waals surface area contributed by atoms with Crippen LogP contribution in [0.1, 0.15) is 12.8 Å². The number of aryl methyl sites for hydroxylation is 1. The summed E-state index contributed by atoms with van der Waals surface area (Å²) in [5, 5.41) is 0. The maximum Gasteiger partial charge on any atom is 0.159 e. The second-order valence-electron chi connectivity index (χ2n) is 4.79. The minimum absolute atomic E-state index is 0.728. The molecule has 0 bridgehead atoms. The van der Waals surface area contributed by atoms with Crippen molar-refractivity contribution in [2.75, 3.05) is 6.54 Å². The molecule has 1 aromatic carbocycles. The van der Waals surface area contributed by atoms with Gasteiger partial charge in [0, 0.05) is 12.7 Å². The molecule has 0 saturated heterocycles. The molecule has 0 aliphatic heterocycles. The van der Waals surface area contributed by atoms with E-state index in [4.69, 9.17) is 10.7 Å². The lowest BCUT2D eigenvalue weighted by Gasteiger charge is -2.08. The van der Waals surface area contributed by atoms with Crippen molar-refractivity contribution in [1.29, 1.82) is 0 Å². The molecule has 4 nitrogen and oxygen atoms in total. The van der Waals surface area contributed by atoms with Crippen LogP contribution in [0.2, 0.25) is 0 Å². The van der Waals surface area contributed by atoms with Crippen LogP contribution in [-0.2, 0) is 6.54 Å². The number of unbranched alkanes of at least 4 members (excludes halogenated alkanes) is 1. The fraction of sp³-hybridized carbons (Fsp3) is 0.250. The van der Waals surface area contributed by atoms with E-state index < -0.39 is 0 Å². The Bertz CT molecular complexity index is 688. The van der Waals surface area contributed by atoms with Crippen molar-refractivity contribution >= 4 is 11.0 Å². The van der Waals surface area contributed by atoms with E-state index in [0.29, 0.717) is 0 Å². The number of benzene rings is 1. The zero-order valence-electron chi connectivity index (χ0n) is 11.4. The summed E-state index contributed by atoms with van der Waals surface area (Å²) in [5.41, 5.74) is 8.68. The molecule has 20 heavy (non-hydrogen) atoms. The summed E-state index contributed by atoms with van der Waals surface area (Å²) in [4.78, 5) is 9.16. The van der Waals surface area contributed by atoms with Gasteiger partial charge in [0.1, 0.15) is 5.69 Å².